The van der Waals surface area contributed by atoms with Gasteiger partial charge in [0.05, 0.1) is 11.4 Å². The van der Waals surface area contributed by atoms with Crippen molar-refractivity contribution >= 4 is 29.2 Å². The molecule has 4 aromatic rings. The molecule has 0 aliphatic rings. The summed E-state index contributed by atoms with van der Waals surface area (Å²) >= 11 is 1.62. The highest BCUT2D eigenvalue weighted by Crippen LogP contribution is 2.27. The fraction of sp³-hybridized carbons (Fsp3) is 0.148. The molecule has 2 heterocycles. The first kappa shape index (κ1) is 23.2. The lowest BCUT2D eigenvalue weighted by molar-refractivity contribution is -0.116. The third kappa shape index (κ3) is 5.88. The number of carbonyl (C=O) groups is 2. The molecule has 0 atom stereocenters. The normalized spacial score (nSPS) is 11.0. The second kappa shape index (κ2) is 10.8. The summed E-state index contributed by atoms with van der Waals surface area (Å²) in [6.45, 7) is 1.04. The number of rotatable bonds is 8. The van der Waals surface area contributed by atoms with E-state index in [1.54, 1.807) is 43.6 Å². The van der Waals surface area contributed by atoms with E-state index < -0.39 is 0 Å². The molecule has 4 rings (SSSR count). The SMILES string of the molecule is CN(C)C(=O)c1ccc(CNC(=O)/C=C/c2cn(Cc3ccccc3)nc2-c2cccs2)cc1. The Labute approximate surface area is 203 Å². The molecule has 2 amide bonds. The van der Waals surface area contributed by atoms with Gasteiger partial charge in [-0.1, -0.05) is 48.5 Å². The molecule has 0 radical (unpaired) electrons. The average molecular weight is 471 g/mol. The van der Waals surface area contributed by atoms with Crippen molar-refractivity contribution in [3.63, 3.8) is 0 Å². The van der Waals surface area contributed by atoms with E-state index in [1.165, 1.54) is 11.0 Å². The molecule has 1 N–H and O–H groups in total. The van der Waals surface area contributed by atoms with Gasteiger partial charge in [-0.15, -0.1) is 11.3 Å². The first-order valence-electron chi connectivity index (χ1n) is 10.9. The number of hydrogen-bond donors (Lipinski definition) is 1. The van der Waals surface area contributed by atoms with Gasteiger partial charge in [0.25, 0.3) is 5.91 Å². The number of carbonyl (C=O) groups excluding carboxylic acids is 2. The van der Waals surface area contributed by atoms with E-state index in [0.29, 0.717) is 18.7 Å². The summed E-state index contributed by atoms with van der Waals surface area (Å²) in [6, 6.07) is 21.4. The minimum absolute atomic E-state index is 0.0483. The molecular weight excluding hydrogens is 444 g/mol. The van der Waals surface area contributed by atoms with E-state index in [-0.39, 0.29) is 11.8 Å². The van der Waals surface area contributed by atoms with Crippen LogP contribution in [-0.2, 0) is 17.9 Å². The van der Waals surface area contributed by atoms with Crippen LogP contribution in [0.15, 0.2) is 84.4 Å². The highest BCUT2D eigenvalue weighted by Gasteiger charge is 2.11. The van der Waals surface area contributed by atoms with Crippen LogP contribution in [0.5, 0.6) is 0 Å². The Balaban J connectivity index is 1.43. The Bertz CT molecular complexity index is 1270. The minimum atomic E-state index is -0.193. The van der Waals surface area contributed by atoms with E-state index in [0.717, 1.165) is 27.3 Å². The zero-order valence-electron chi connectivity index (χ0n) is 19.1. The molecule has 172 valence electrons. The fourth-order valence-corrected chi connectivity index (χ4v) is 4.18. The Hall–Kier alpha value is -3.97. The maximum atomic E-state index is 12.5. The van der Waals surface area contributed by atoms with Crippen molar-refractivity contribution in [2.75, 3.05) is 14.1 Å². The second-order valence-electron chi connectivity index (χ2n) is 8.04. The maximum Gasteiger partial charge on any atom is 0.253 e. The summed E-state index contributed by atoms with van der Waals surface area (Å²) in [5.74, 6) is -0.241. The number of nitrogens with zero attached hydrogens (tertiary/aromatic N) is 3. The first-order chi connectivity index (χ1) is 16.5. The summed E-state index contributed by atoms with van der Waals surface area (Å²) < 4.78 is 1.90. The lowest BCUT2D eigenvalue weighted by Gasteiger charge is -2.10. The standard InChI is InChI=1S/C27H26N4O2S/c1-30(2)27(33)22-12-10-20(11-13-22)17-28-25(32)15-14-23-19-31(18-21-7-4-3-5-8-21)29-26(23)24-9-6-16-34-24/h3-16,19H,17-18H2,1-2H3,(H,28,32)/b15-14+. The average Bonchev–Trinajstić information content (AvgIpc) is 3.52. The molecule has 0 aliphatic carbocycles. The minimum Gasteiger partial charge on any atom is -0.348 e. The fourth-order valence-electron chi connectivity index (χ4n) is 3.45. The van der Waals surface area contributed by atoms with Crippen molar-refractivity contribution in [2.45, 2.75) is 13.1 Å². The van der Waals surface area contributed by atoms with Gasteiger partial charge < -0.3 is 10.2 Å². The van der Waals surface area contributed by atoms with Crippen LogP contribution in [0.3, 0.4) is 0 Å². The third-order valence-electron chi connectivity index (χ3n) is 5.22. The Morgan fingerprint density at radius 3 is 2.44 bits per heavy atom. The quantitative estimate of drug-likeness (QED) is 0.380. The van der Waals surface area contributed by atoms with Crippen LogP contribution in [-0.4, -0.2) is 40.6 Å². The van der Waals surface area contributed by atoms with Crippen molar-refractivity contribution < 1.29 is 9.59 Å². The van der Waals surface area contributed by atoms with Crippen LogP contribution in [0.2, 0.25) is 0 Å². The molecule has 6 nitrogen and oxygen atoms in total. The van der Waals surface area contributed by atoms with Crippen molar-refractivity contribution in [2.24, 2.45) is 0 Å². The van der Waals surface area contributed by atoms with Gasteiger partial charge in [0.2, 0.25) is 5.91 Å². The van der Waals surface area contributed by atoms with Crippen LogP contribution < -0.4 is 5.32 Å². The van der Waals surface area contributed by atoms with E-state index in [2.05, 4.69) is 17.4 Å². The molecule has 0 spiro atoms. The zero-order valence-corrected chi connectivity index (χ0v) is 20.0. The summed E-state index contributed by atoms with van der Waals surface area (Å²) in [7, 11) is 3.44. The molecular formula is C27H26N4O2S. The largest absolute Gasteiger partial charge is 0.348 e. The number of amides is 2. The van der Waals surface area contributed by atoms with Crippen molar-refractivity contribution in [3.05, 3.63) is 107 Å². The first-order valence-corrected chi connectivity index (χ1v) is 11.8. The van der Waals surface area contributed by atoms with Gasteiger partial charge >= 0.3 is 0 Å². The monoisotopic (exact) mass is 470 g/mol. The molecule has 0 saturated carbocycles. The predicted octanol–water partition coefficient (Wildman–Crippen LogP) is 4.69. The van der Waals surface area contributed by atoms with E-state index >= 15 is 0 Å². The van der Waals surface area contributed by atoms with E-state index in [9.17, 15) is 9.59 Å². The number of thiophene rings is 1. The lowest BCUT2D eigenvalue weighted by atomic mass is 10.1. The predicted molar refractivity (Wildman–Crippen MR) is 136 cm³/mol. The van der Waals surface area contributed by atoms with E-state index in [1.807, 2.05) is 58.7 Å². The molecule has 0 aliphatic heterocycles. The maximum absolute atomic E-state index is 12.5. The van der Waals surface area contributed by atoms with Crippen LogP contribution >= 0.6 is 11.3 Å². The molecule has 2 aromatic carbocycles. The molecule has 0 bridgehead atoms. The van der Waals surface area contributed by atoms with Crippen LogP contribution in [0.25, 0.3) is 16.6 Å². The Morgan fingerprint density at radius 1 is 1.00 bits per heavy atom. The van der Waals surface area contributed by atoms with Gasteiger partial charge in [-0.25, -0.2) is 0 Å². The van der Waals surface area contributed by atoms with Gasteiger partial charge in [-0.3, -0.25) is 14.3 Å². The van der Waals surface area contributed by atoms with Crippen LogP contribution in [0, 0.1) is 0 Å². The number of hydrogen-bond acceptors (Lipinski definition) is 4. The molecule has 0 fully saturated rings. The molecule has 34 heavy (non-hydrogen) atoms. The smallest absolute Gasteiger partial charge is 0.253 e. The second-order valence-corrected chi connectivity index (χ2v) is 8.99. The van der Waals surface area contributed by atoms with Gasteiger partial charge in [0, 0.05) is 44.0 Å². The Morgan fingerprint density at radius 2 is 1.76 bits per heavy atom. The highest BCUT2D eigenvalue weighted by atomic mass is 32.1. The summed E-state index contributed by atoms with van der Waals surface area (Å²) in [5.41, 5.74) is 4.45. The van der Waals surface area contributed by atoms with Gasteiger partial charge in [-0.2, -0.15) is 5.10 Å². The van der Waals surface area contributed by atoms with Gasteiger partial charge in [0.1, 0.15) is 5.69 Å². The Kier molecular flexibility index (Phi) is 7.34. The number of aromatic nitrogens is 2. The lowest BCUT2D eigenvalue weighted by Crippen LogP contribution is -2.22. The van der Waals surface area contributed by atoms with E-state index in [4.69, 9.17) is 5.10 Å². The third-order valence-corrected chi connectivity index (χ3v) is 6.10. The van der Waals surface area contributed by atoms with Crippen molar-refractivity contribution in [3.8, 4) is 10.6 Å². The summed E-state index contributed by atoms with van der Waals surface area (Å²) in [5, 5.41) is 9.68. The van der Waals surface area contributed by atoms with Crippen molar-refractivity contribution in [1.82, 2.24) is 20.0 Å². The topological polar surface area (TPSA) is 67.2 Å². The summed E-state index contributed by atoms with van der Waals surface area (Å²) in [4.78, 5) is 27.1. The molecule has 0 unspecified atom stereocenters. The number of benzene rings is 2. The summed E-state index contributed by atoms with van der Waals surface area (Å²) in [6.07, 6.45) is 5.30. The molecule has 0 saturated heterocycles. The van der Waals surface area contributed by atoms with Gasteiger partial charge in [0.15, 0.2) is 0 Å². The number of nitrogens with one attached hydrogen (secondary N) is 1. The van der Waals surface area contributed by atoms with Gasteiger partial charge in [-0.05, 0) is 40.8 Å². The highest BCUT2D eigenvalue weighted by molar-refractivity contribution is 7.13. The van der Waals surface area contributed by atoms with Crippen molar-refractivity contribution in [1.29, 1.82) is 0 Å². The van der Waals surface area contributed by atoms with Crippen LogP contribution in [0.4, 0.5) is 0 Å². The molecule has 7 heteroatoms. The zero-order chi connectivity index (χ0) is 23.9. The van der Waals surface area contributed by atoms with Crippen LogP contribution in [0.1, 0.15) is 27.0 Å². The molecule has 2 aromatic heterocycles.